The van der Waals surface area contributed by atoms with Gasteiger partial charge in [0, 0.05) is 25.2 Å². The molecule has 0 aliphatic carbocycles. The maximum Gasteiger partial charge on any atom is 0.309 e. The molecule has 1 aliphatic heterocycles. The molecule has 1 aromatic heterocycles. The van der Waals surface area contributed by atoms with E-state index in [2.05, 4.69) is 5.32 Å². The molecule has 0 radical (unpaired) electrons. The molecule has 1 N–H and O–H groups in total. The first-order chi connectivity index (χ1) is 13.5. The number of carbonyl (C=O) groups excluding carboxylic acids is 3. The Morgan fingerprint density at radius 3 is 2.57 bits per heavy atom. The summed E-state index contributed by atoms with van der Waals surface area (Å²) in [6.07, 6.45) is 1.01. The molecule has 0 bridgehead atoms. The fourth-order valence-electron chi connectivity index (χ4n) is 3.02. The minimum atomic E-state index is -0.484. The number of nitrogens with one attached hydrogen (secondary N) is 1. The Hall–Kier alpha value is -2.74. The second kappa shape index (κ2) is 9.45. The van der Waals surface area contributed by atoms with Crippen molar-refractivity contribution in [1.29, 1.82) is 0 Å². The summed E-state index contributed by atoms with van der Waals surface area (Å²) in [5, 5.41) is 4.38. The van der Waals surface area contributed by atoms with E-state index < -0.39 is 24.3 Å². The van der Waals surface area contributed by atoms with Crippen LogP contribution in [0.1, 0.15) is 28.1 Å². The summed E-state index contributed by atoms with van der Waals surface area (Å²) in [6, 6.07) is 9.76. The van der Waals surface area contributed by atoms with Gasteiger partial charge in [0.05, 0.1) is 10.8 Å². The molecule has 2 aromatic rings. The van der Waals surface area contributed by atoms with Gasteiger partial charge >= 0.3 is 5.97 Å². The zero-order valence-electron chi connectivity index (χ0n) is 15.2. The van der Waals surface area contributed by atoms with E-state index in [4.69, 9.17) is 4.74 Å². The average molecular weight is 404 g/mol. The van der Waals surface area contributed by atoms with Crippen molar-refractivity contribution in [3.63, 3.8) is 0 Å². The van der Waals surface area contributed by atoms with Crippen molar-refractivity contribution < 1.29 is 23.5 Å². The first-order valence-electron chi connectivity index (χ1n) is 9.04. The molecule has 0 saturated carbocycles. The Kier molecular flexibility index (Phi) is 6.76. The first kappa shape index (κ1) is 20.0. The molecule has 2 heterocycles. The SMILES string of the molecule is O=C(COC(=O)C1CCN(C(=O)c2cccs2)CC1)NCc1ccccc1F. The number of nitrogens with zero attached hydrogens (tertiary/aromatic N) is 1. The Bertz CT molecular complexity index is 832. The molecule has 1 saturated heterocycles. The van der Waals surface area contributed by atoms with Gasteiger partial charge in [-0.3, -0.25) is 14.4 Å². The van der Waals surface area contributed by atoms with Crippen molar-refractivity contribution in [1.82, 2.24) is 10.2 Å². The summed E-state index contributed by atoms with van der Waals surface area (Å²) < 4.78 is 18.6. The van der Waals surface area contributed by atoms with Gasteiger partial charge in [-0.05, 0) is 30.4 Å². The molecular formula is C20H21FN2O4S. The fourth-order valence-corrected chi connectivity index (χ4v) is 3.71. The van der Waals surface area contributed by atoms with Crippen LogP contribution in [-0.2, 0) is 20.9 Å². The average Bonchev–Trinajstić information content (AvgIpc) is 3.26. The standard InChI is InChI=1S/C20H21FN2O4S/c21-16-5-2-1-4-15(16)12-22-18(24)13-27-20(26)14-7-9-23(10-8-14)19(25)17-6-3-11-28-17/h1-6,11,14H,7-10,12-13H2,(H,22,24). The Morgan fingerprint density at radius 1 is 1.14 bits per heavy atom. The van der Waals surface area contributed by atoms with Crippen molar-refractivity contribution in [2.75, 3.05) is 19.7 Å². The third kappa shape index (κ3) is 5.16. The number of rotatable bonds is 6. The van der Waals surface area contributed by atoms with Gasteiger partial charge in [-0.2, -0.15) is 0 Å². The lowest BCUT2D eigenvalue weighted by atomic mass is 9.97. The highest BCUT2D eigenvalue weighted by Gasteiger charge is 2.29. The number of likely N-dealkylation sites (tertiary alicyclic amines) is 1. The number of amides is 2. The van der Waals surface area contributed by atoms with E-state index in [1.807, 2.05) is 11.4 Å². The Labute approximate surface area is 166 Å². The van der Waals surface area contributed by atoms with Crippen LogP contribution in [0.2, 0.25) is 0 Å². The predicted octanol–water partition coefficient (Wildman–Crippen LogP) is 2.60. The van der Waals surface area contributed by atoms with E-state index in [0.717, 1.165) is 0 Å². The van der Waals surface area contributed by atoms with Crippen LogP contribution < -0.4 is 5.32 Å². The van der Waals surface area contributed by atoms with Crippen LogP contribution in [0.3, 0.4) is 0 Å². The molecule has 28 heavy (non-hydrogen) atoms. The van der Waals surface area contributed by atoms with Crippen LogP contribution in [0.4, 0.5) is 4.39 Å². The zero-order valence-corrected chi connectivity index (χ0v) is 16.0. The summed E-state index contributed by atoms with van der Waals surface area (Å²) >= 11 is 1.40. The number of hydrogen-bond donors (Lipinski definition) is 1. The van der Waals surface area contributed by atoms with Crippen molar-refractivity contribution in [3.05, 3.63) is 58.0 Å². The second-order valence-corrected chi connectivity index (χ2v) is 7.47. The fraction of sp³-hybridized carbons (Fsp3) is 0.350. The molecule has 1 fully saturated rings. The highest BCUT2D eigenvalue weighted by Crippen LogP contribution is 2.21. The lowest BCUT2D eigenvalue weighted by molar-refractivity contribution is -0.153. The maximum absolute atomic E-state index is 13.5. The van der Waals surface area contributed by atoms with Crippen molar-refractivity contribution in [2.24, 2.45) is 5.92 Å². The quantitative estimate of drug-likeness (QED) is 0.751. The van der Waals surface area contributed by atoms with Crippen LogP contribution in [0.25, 0.3) is 0 Å². The molecule has 0 atom stereocenters. The van der Waals surface area contributed by atoms with Crippen LogP contribution in [0.5, 0.6) is 0 Å². The molecule has 1 aliphatic rings. The van der Waals surface area contributed by atoms with E-state index in [1.165, 1.54) is 17.4 Å². The largest absolute Gasteiger partial charge is 0.455 e. The molecule has 8 heteroatoms. The van der Waals surface area contributed by atoms with Gasteiger partial charge in [-0.25, -0.2) is 4.39 Å². The van der Waals surface area contributed by atoms with Gasteiger partial charge in [0.15, 0.2) is 6.61 Å². The third-order valence-corrected chi connectivity index (χ3v) is 5.48. The van der Waals surface area contributed by atoms with Crippen LogP contribution >= 0.6 is 11.3 Å². The molecule has 0 unspecified atom stereocenters. The number of carbonyl (C=O) groups is 3. The van der Waals surface area contributed by atoms with Gasteiger partial charge < -0.3 is 15.0 Å². The number of ether oxygens (including phenoxy) is 1. The predicted molar refractivity (Wildman–Crippen MR) is 102 cm³/mol. The lowest BCUT2D eigenvalue weighted by Crippen LogP contribution is -2.41. The van der Waals surface area contributed by atoms with Crippen LogP contribution in [0, 0.1) is 11.7 Å². The van der Waals surface area contributed by atoms with E-state index >= 15 is 0 Å². The van der Waals surface area contributed by atoms with Gasteiger partial charge in [-0.1, -0.05) is 24.3 Å². The van der Waals surface area contributed by atoms with Crippen LogP contribution in [-0.4, -0.2) is 42.4 Å². The van der Waals surface area contributed by atoms with Crippen molar-refractivity contribution in [3.8, 4) is 0 Å². The van der Waals surface area contributed by atoms with Gasteiger partial charge in [-0.15, -0.1) is 11.3 Å². The van der Waals surface area contributed by atoms with E-state index in [9.17, 15) is 18.8 Å². The van der Waals surface area contributed by atoms with E-state index in [1.54, 1.807) is 29.2 Å². The highest BCUT2D eigenvalue weighted by atomic mass is 32.1. The topological polar surface area (TPSA) is 75.7 Å². The third-order valence-electron chi connectivity index (χ3n) is 4.63. The van der Waals surface area contributed by atoms with Crippen molar-refractivity contribution >= 4 is 29.1 Å². The molecule has 1 aromatic carbocycles. The molecule has 6 nitrogen and oxygen atoms in total. The number of hydrogen-bond acceptors (Lipinski definition) is 5. The van der Waals surface area contributed by atoms with Gasteiger partial charge in [0.1, 0.15) is 5.82 Å². The lowest BCUT2D eigenvalue weighted by Gasteiger charge is -2.30. The minimum absolute atomic E-state index is 0.0191. The highest BCUT2D eigenvalue weighted by molar-refractivity contribution is 7.12. The summed E-state index contributed by atoms with van der Waals surface area (Å²) in [4.78, 5) is 38.7. The number of benzene rings is 1. The van der Waals surface area contributed by atoms with Crippen LogP contribution in [0.15, 0.2) is 41.8 Å². The number of halogens is 1. The minimum Gasteiger partial charge on any atom is -0.455 e. The number of thiophene rings is 1. The summed E-state index contributed by atoms with van der Waals surface area (Å²) in [5.41, 5.74) is 0.366. The van der Waals surface area contributed by atoms with Crippen molar-refractivity contribution in [2.45, 2.75) is 19.4 Å². The number of esters is 1. The van der Waals surface area contributed by atoms with E-state index in [0.29, 0.717) is 36.4 Å². The van der Waals surface area contributed by atoms with Gasteiger partial charge in [0.2, 0.25) is 0 Å². The monoisotopic (exact) mass is 404 g/mol. The summed E-state index contributed by atoms with van der Waals surface area (Å²) in [7, 11) is 0. The Balaban J connectivity index is 1.38. The second-order valence-electron chi connectivity index (χ2n) is 6.52. The molecule has 148 valence electrons. The van der Waals surface area contributed by atoms with Gasteiger partial charge in [0.25, 0.3) is 11.8 Å². The summed E-state index contributed by atoms with van der Waals surface area (Å²) in [6.45, 7) is 0.597. The first-order valence-corrected chi connectivity index (χ1v) is 9.92. The smallest absolute Gasteiger partial charge is 0.309 e. The molecule has 2 amide bonds. The maximum atomic E-state index is 13.5. The number of piperidine rings is 1. The zero-order chi connectivity index (χ0) is 19.9. The summed E-state index contributed by atoms with van der Waals surface area (Å²) in [5.74, 6) is -1.67. The molecular weight excluding hydrogens is 383 g/mol. The molecule has 0 spiro atoms. The Morgan fingerprint density at radius 2 is 1.89 bits per heavy atom. The van der Waals surface area contributed by atoms with E-state index in [-0.39, 0.29) is 18.4 Å². The normalized spacial score (nSPS) is 14.5. The molecule has 3 rings (SSSR count).